The van der Waals surface area contributed by atoms with Crippen molar-refractivity contribution in [2.24, 2.45) is 0 Å². The Morgan fingerprint density at radius 1 is 1.26 bits per heavy atom. The lowest BCUT2D eigenvalue weighted by Gasteiger charge is -2.37. The second-order valence-corrected chi connectivity index (χ2v) is 7.37. The minimum Gasteiger partial charge on any atom is -0.381 e. The predicted octanol–water partition coefficient (Wildman–Crippen LogP) is 4.24. The maximum absolute atomic E-state index is 5.59. The van der Waals surface area contributed by atoms with Crippen LogP contribution in [0.4, 0.5) is 0 Å². The lowest BCUT2D eigenvalue weighted by molar-refractivity contribution is 0.0363. The maximum atomic E-state index is 5.59. The van der Waals surface area contributed by atoms with Crippen LogP contribution < -0.4 is 5.32 Å². The molecule has 1 saturated heterocycles. The highest BCUT2D eigenvalue weighted by molar-refractivity contribution is 7.09. The molecule has 3 rings (SSSR count). The van der Waals surface area contributed by atoms with E-state index < -0.39 is 0 Å². The molecule has 23 heavy (non-hydrogen) atoms. The second-order valence-electron chi connectivity index (χ2n) is 6.52. The second kappa shape index (κ2) is 7.56. The molecule has 1 aromatic heterocycles. The molecule has 124 valence electrons. The Kier molecular flexibility index (Phi) is 5.46. The zero-order chi connectivity index (χ0) is 16.1. The number of nitrogens with zero attached hydrogens (tertiary/aromatic N) is 1. The summed E-state index contributed by atoms with van der Waals surface area (Å²) in [7, 11) is 0. The highest BCUT2D eigenvalue weighted by Crippen LogP contribution is 2.34. The summed E-state index contributed by atoms with van der Waals surface area (Å²) in [5, 5.41) is 7.21. The van der Waals surface area contributed by atoms with Crippen molar-refractivity contribution < 1.29 is 4.74 Å². The summed E-state index contributed by atoms with van der Waals surface area (Å²) in [6.45, 7) is 7.03. The summed E-state index contributed by atoms with van der Waals surface area (Å²) in [6.07, 6.45) is 3.16. The molecule has 1 aromatic carbocycles. The minimum absolute atomic E-state index is 0.00752. The van der Waals surface area contributed by atoms with Crippen molar-refractivity contribution in [1.29, 1.82) is 0 Å². The summed E-state index contributed by atoms with van der Waals surface area (Å²) in [4.78, 5) is 4.76. The first-order valence-corrected chi connectivity index (χ1v) is 9.38. The normalized spacial score (nSPS) is 18.7. The van der Waals surface area contributed by atoms with E-state index in [4.69, 9.17) is 9.72 Å². The van der Waals surface area contributed by atoms with Crippen molar-refractivity contribution in [2.75, 3.05) is 19.8 Å². The van der Waals surface area contributed by atoms with Crippen LogP contribution in [-0.4, -0.2) is 24.7 Å². The molecule has 1 fully saturated rings. The Morgan fingerprint density at radius 3 is 2.65 bits per heavy atom. The Labute approximate surface area is 143 Å². The van der Waals surface area contributed by atoms with E-state index in [0.29, 0.717) is 5.92 Å². The van der Waals surface area contributed by atoms with Crippen molar-refractivity contribution in [3.8, 4) is 0 Å². The van der Waals surface area contributed by atoms with Crippen molar-refractivity contribution in [3.05, 3.63) is 52.0 Å². The van der Waals surface area contributed by atoms with E-state index in [0.717, 1.165) is 44.7 Å². The van der Waals surface area contributed by atoms with Crippen molar-refractivity contribution >= 4 is 11.3 Å². The van der Waals surface area contributed by atoms with Gasteiger partial charge in [0, 0.05) is 24.3 Å². The van der Waals surface area contributed by atoms with Crippen LogP contribution >= 0.6 is 11.3 Å². The highest BCUT2D eigenvalue weighted by Gasteiger charge is 2.36. The Balaban J connectivity index is 1.63. The van der Waals surface area contributed by atoms with Crippen molar-refractivity contribution in [1.82, 2.24) is 10.3 Å². The summed E-state index contributed by atoms with van der Waals surface area (Å²) in [5.74, 6) is 0.568. The van der Waals surface area contributed by atoms with E-state index in [1.54, 1.807) is 11.3 Å². The molecule has 4 heteroatoms. The molecule has 1 N–H and O–H groups in total. The van der Waals surface area contributed by atoms with Crippen LogP contribution in [0.1, 0.15) is 48.4 Å². The van der Waals surface area contributed by atoms with Gasteiger partial charge in [-0.15, -0.1) is 11.3 Å². The van der Waals surface area contributed by atoms with E-state index in [-0.39, 0.29) is 5.54 Å². The third-order valence-electron chi connectivity index (χ3n) is 4.78. The molecule has 1 aliphatic heterocycles. The van der Waals surface area contributed by atoms with Gasteiger partial charge in [-0.3, -0.25) is 0 Å². The molecule has 0 aliphatic carbocycles. The van der Waals surface area contributed by atoms with Gasteiger partial charge in [0.1, 0.15) is 5.01 Å². The van der Waals surface area contributed by atoms with Gasteiger partial charge in [0.05, 0.1) is 5.54 Å². The number of hydrogen-bond acceptors (Lipinski definition) is 4. The topological polar surface area (TPSA) is 34.1 Å². The summed E-state index contributed by atoms with van der Waals surface area (Å²) in [6, 6.07) is 10.8. The molecule has 0 amide bonds. The molecule has 1 atom stereocenters. The van der Waals surface area contributed by atoms with Crippen molar-refractivity contribution in [2.45, 2.75) is 44.6 Å². The van der Waals surface area contributed by atoms with Crippen LogP contribution in [0.2, 0.25) is 0 Å². The average molecular weight is 330 g/mol. The molecule has 3 nitrogen and oxygen atoms in total. The van der Waals surface area contributed by atoms with E-state index in [1.165, 1.54) is 10.6 Å². The zero-order valence-corrected chi connectivity index (χ0v) is 14.9. The fraction of sp³-hybridized carbons (Fsp3) is 0.526. The van der Waals surface area contributed by atoms with Crippen LogP contribution in [-0.2, 0) is 10.3 Å². The number of rotatable bonds is 6. The van der Waals surface area contributed by atoms with Crippen molar-refractivity contribution in [3.63, 3.8) is 0 Å². The van der Waals surface area contributed by atoms with Gasteiger partial charge in [-0.1, -0.05) is 37.3 Å². The zero-order valence-electron chi connectivity index (χ0n) is 14.0. The minimum atomic E-state index is 0.00752. The molecule has 0 radical (unpaired) electrons. The average Bonchev–Trinajstić information content (AvgIpc) is 3.03. The molecule has 0 saturated carbocycles. The Hall–Kier alpha value is -1.23. The molecule has 0 bridgehead atoms. The Morgan fingerprint density at radius 2 is 2.00 bits per heavy atom. The monoisotopic (exact) mass is 330 g/mol. The molecule has 2 aromatic rings. The van der Waals surface area contributed by atoms with Crippen LogP contribution in [0.15, 0.2) is 35.7 Å². The largest absolute Gasteiger partial charge is 0.381 e. The highest BCUT2D eigenvalue weighted by atomic mass is 32.1. The van der Waals surface area contributed by atoms with Crippen LogP contribution in [0.3, 0.4) is 0 Å². The Bertz CT molecular complexity index is 605. The SMILES string of the molecule is Cc1csc(C2(NCCC(C)c3ccccc3)CCOCC2)n1. The molecule has 1 unspecified atom stereocenters. The lowest BCUT2D eigenvalue weighted by Crippen LogP contribution is -2.47. The fourth-order valence-electron chi connectivity index (χ4n) is 3.24. The summed E-state index contributed by atoms with van der Waals surface area (Å²) >= 11 is 1.78. The number of aromatic nitrogens is 1. The molecular weight excluding hydrogens is 304 g/mol. The van der Waals surface area contributed by atoms with E-state index in [2.05, 4.69) is 54.9 Å². The van der Waals surface area contributed by atoms with Gasteiger partial charge in [-0.05, 0) is 44.2 Å². The lowest BCUT2D eigenvalue weighted by atomic mass is 9.89. The van der Waals surface area contributed by atoms with Gasteiger partial charge in [0.2, 0.25) is 0 Å². The van der Waals surface area contributed by atoms with Gasteiger partial charge < -0.3 is 10.1 Å². The smallest absolute Gasteiger partial charge is 0.113 e. The quantitative estimate of drug-likeness (QED) is 0.860. The number of benzene rings is 1. The first kappa shape index (κ1) is 16.6. The number of aryl methyl sites for hydroxylation is 1. The third-order valence-corrected chi connectivity index (χ3v) is 5.95. The van der Waals surface area contributed by atoms with E-state index >= 15 is 0 Å². The molecular formula is C19H26N2OS. The first-order chi connectivity index (χ1) is 11.2. The van der Waals surface area contributed by atoms with E-state index in [1.807, 2.05) is 0 Å². The van der Waals surface area contributed by atoms with E-state index in [9.17, 15) is 0 Å². The van der Waals surface area contributed by atoms with Gasteiger partial charge in [0.15, 0.2) is 0 Å². The summed E-state index contributed by atoms with van der Waals surface area (Å²) < 4.78 is 5.59. The van der Waals surface area contributed by atoms with Gasteiger partial charge in [0.25, 0.3) is 0 Å². The number of hydrogen-bond donors (Lipinski definition) is 1. The standard InChI is InChI=1S/C19H26N2OS/c1-15(17-6-4-3-5-7-17)8-11-20-19(9-12-22-13-10-19)18-21-16(2)14-23-18/h3-7,14-15,20H,8-13H2,1-2H3. The molecule has 2 heterocycles. The van der Waals surface area contributed by atoms with Crippen LogP contribution in [0.5, 0.6) is 0 Å². The van der Waals surface area contributed by atoms with Crippen LogP contribution in [0, 0.1) is 6.92 Å². The molecule has 0 spiro atoms. The predicted molar refractivity (Wildman–Crippen MR) is 96.1 cm³/mol. The van der Waals surface area contributed by atoms with Gasteiger partial charge in [-0.2, -0.15) is 0 Å². The number of ether oxygens (including phenoxy) is 1. The fourth-order valence-corrected chi connectivity index (χ4v) is 4.27. The third kappa shape index (κ3) is 4.00. The van der Waals surface area contributed by atoms with Crippen LogP contribution in [0.25, 0.3) is 0 Å². The number of thiazole rings is 1. The van der Waals surface area contributed by atoms with Gasteiger partial charge in [-0.25, -0.2) is 4.98 Å². The first-order valence-electron chi connectivity index (χ1n) is 8.50. The summed E-state index contributed by atoms with van der Waals surface area (Å²) in [5.41, 5.74) is 2.55. The molecule has 1 aliphatic rings. The number of nitrogens with one attached hydrogen (secondary N) is 1. The van der Waals surface area contributed by atoms with Gasteiger partial charge >= 0.3 is 0 Å². The maximum Gasteiger partial charge on any atom is 0.113 e.